The predicted octanol–water partition coefficient (Wildman–Crippen LogP) is 2.85. The number of carbonyl (C=O) groups excluding carboxylic acids is 2. The van der Waals surface area contributed by atoms with Crippen LogP contribution in [0.4, 0.5) is 0 Å². The number of ether oxygens (including phenoxy) is 1. The lowest BCUT2D eigenvalue weighted by Crippen LogP contribution is -2.40. The van der Waals surface area contributed by atoms with Crippen molar-refractivity contribution in [3.63, 3.8) is 0 Å². The van der Waals surface area contributed by atoms with Crippen LogP contribution in [0.1, 0.15) is 48.9 Å². The molecule has 1 saturated heterocycles. The minimum atomic E-state index is 0.0906. The molecule has 166 valence electrons. The van der Waals surface area contributed by atoms with E-state index >= 15 is 0 Å². The Morgan fingerprint density at radius 3 is 2.84 bits per heavy atom. The molecule has 2 aliphatic rings. The van der Waals surface area contributed by atoms with Crippen molar-refractivity contribution < 1.29 is 14.3 Å². The number of likely N-dealkylation sites (tertiary alicyclic amines) is 1. The summed E-state index contributed by atoms with van der Waals surface area (Å²) in [6, 6.07) is 8.12. The van der Waals surface area contributed by atoms with Crippen LogP contribution in [0.25, 0.3) is 0 Å². The van der Waals surface area contributed by atoms with E-state index in [1.807, 2.05) is 40.9 Å². The second kappa shape index (κ2) is 9.98. The SMILES string of the molecule is Cc1ccn(CCC(=O)N2CCC(CC(=O)NCc3ccc4c(c3)CCCO4)CC2)n1. The summed E-state index contributed by atoms with van der Waals surface area (Å²) >= 11 is 0. The molecule has 1 fully saturated rings. The standard InChI is InChI=1S/C24H32N4O3/c1-18-6-12-28(26-18)13-9-24(30)27-10-7-19(8-11-27)16-23(29)25-17-20-4-5-22-21(15-20)3-2-14-31-22/h4-6,12,15,19H,2-3,7-11,13-14,16-17H2,1H3,(H,25,29). The second-order valence-corrected chi connectivity index (χ2v) is 8.67. The average Bonchev–Trinajstić information content (AvgIpc) is 3.21. The van der Waals surface area contributed by atoms with Gasteiger partial charge in [-0.3, -0.25) is 14.3 Å². The van der Waals surface area contributed by atoms with Crippen molar-refractivity contribution in [2.24, 2.45) is 5.92 Å². The molecule has 4 rings (SSSR count). The molecule has 2 amide bonds. The van der Waals surface area contributed by atoms with Gasteiger partial charge in [-0.25, -0.2) is 0 Å². The Kier molecular flexibility index (Phi) is 6.89. The topological polar surface area (TPSA) is 76.5 Å². The van der Waals surface area contributed by atoms with Crippen molar-refractivity contribution in [3.8, 4) is 5.75 Å². The Hall–Kier alpha value is -2.83. The van der Waals surface area contributed by atoms with Crippen molar-refractivity contribution >= 4 is 11.8 Å². The van der Waals surface area contributed by atoms with Crippen LogP contribution in [-0.2, 0) is 29.1 Å². The highest BCUT2D eigenvalue weighted by molar-refractivity contribution is 5.77. The summed E-state index contributed by atoms with van der Waals surface area (Å²) in [7, 11) is 0. The Bertz CT molecular complexity index is 915. The molecule has 0 spiro atoms. The Morgan fingerprint density at radius 1 is 1.23 bits per heavy atom. The summed E-state index contributed by atoms with van der Waals surface area (Å²) in [6.07, 6.45) is 6.77. The molecule has 7 nitrogen and oxygen atoms in total. The highest BCUT2D eigenvalue weighted by Crippen LogP contribution is 2.25. The van der Waals surface area contributed by atoms with Gasteiger partial charge in [0.1, 0.15) is 5.75 Å². The number of benzene rings is 1. The zero-order valence-electron chi connectivity index (χ0n) is 18.3. The number of hydrogen-bond donors (Lipinski definition) is 1. The first-order valence-corrected chi connectivity index (χ1v) is 11.4. The number of rotatable bonds is 7. The number of aryl methyl sites for hydroxylation is 3. The first kappa shape index (κ1) is 21.4. The molecule has 2 aromatic rings. The van der Waals surface area contributed by atoms with Crippen molar-refractivity contribution in [1.82, 2.24) is 20.0 Å². The van der Waals surface area contributed by atoms with E-state index in [1.54, 1.807) is 0 Å². The van der Waals surface area contributed by atoms with Crippen LogP contribution >= 0.6 is 0 Å². The number of fused-ring (bicyclic) bond motifs is 1. The maximum Gasteiger partial charge on any atom is 0.224 e. The maximum absolute atomic E-state index is 12.5. The number of piperidine rings is 1. The van der Waals surface area contributed by atoms with Gasteiger partial charge in [-0.1, -0.05) is 12.1 Å². The van der Waals surface area contributed by atoms with Gasteiger partial charge in [-0.2, -0.15) is 5.10 Å². The number of nitrogens with one attached hydrogen (secondary N) is 1. The van der Waals surface area contributed by atoms with Gasteiger partial charge in [0, 0.05) is 45.2 Å². The van der Waals surface area contributed by atoms with Gasteiger partial charge in [0.25, 0.3) is 0 Å². The van der Waals surface area contributed by atoms with Gasteiger partial charge >= 0.3 is 0 Å². The van der Waals surface area contributed by atoms with Crippen LogP contribution in [-0.4, -0.2) is 46.2 Å². The van der Waals surface area contributed by atoms with Gasteiger partial charge in [0.2, 0.25) is 11.8 Å². The van der Waals surface area contributed by atoms with Crippen LogP contribution in [0.5, 0.6) is 5.75 Å². The Morgan fingerprint density at radius 2 is 2.06 bits per heavy atom. The number of amides is 2. The molecule has 0 atom stereocenters. The summed E-state index contributed by atoms with van der Waals surface area (Å²) in [4.78, 5) is 26.8. The minimum Gasteiger partial charge on any atom is -0.493 e. The van der Waals surface area contributed by atoms with E-state index in [0.29, 0.717) is 31.8 Å². The second-order valence-electron chi connectivity index (χ2n) is 8.67. The van der Waals surface area contributed by atoms with E-state index in [4.69, 9.17) is 4.74 Å². The quantitative estimate of drug-likeness (QED) is 0.742. The zero-order chi connectivity index (χ0) is 21.6. The molecule has 3 heterocycles. The lowest BCUT2D eigenvalue weighted by Gasteiger charge is -2.32. The molecule has 2 aliphatic heterocycles. The third-order valence-electron chi connectivity index (χ3n) is 6.23. The van der Waals surface area contributed by atoms with Gasteiger partial charge < -0.3 is 15.0 Å². The molecule has 0 radical (unpaired) electrons. The van der Waals surface area contributed by atoms with E-state index in [-0.39, 0.29) is 11.8 Å². The van der Waals surface area contributed by atoms with E-state index in [0.717, 1.165) is 62.4 Å². The predicted molar refractivity (Wildman–Crippen MR) is 118 cm³/mol. The van der Waals surface area contributed by atoms with Gasteiger partial charge in [0.15, 0.2) is 0 Å². The molecule has 0 saturated carbocycles. The van der Waals surface area contributed by atoms with E-state index in [9.17, 15) is 9.59 Å². The third-order valence-corrected chi connectivity index (χ3v) is 6.23. The van der Waals surface area contributed by atoms with Crippen molar-refractivity contribution in [3.05, 3.63) is 47.3 Å². The van der Waals surface area contributed by atoms with Crippen molar-refractivity contribution in [2.75, 3.05) is 19.7 Å². The number of aromatic nitrogens is 2. The highest BCUT2D eigenvalue weighted by atomic mass is 16.5. The molecular weight excluding hydrogens is 392 g/mol. The summed E-state index contributed by atoms with van der Waals surface area (Å²) in [6.45, 7) is 5.37. The Labute approximate surface area is 183 Å². The molecule has 0 aliphatic carbocycles. The molecule has 1 N–H and O–H groups in total. The normalized spacial score (nSPS) is 16.5. The molecule has 0 bridgehead atoms. The summed E-state index contributed by atoms with van der Waals surface area (Å²) in [5, 5.41) is 7.39. The number of hydrogen-bond acceptors (Lipinski definition) is 4. The maximum atomic E-state index is 12.5. The fourth-order valence-corrected chi connectivity index (χ4v) is 4.40. The largest absolute Gasteiger partial charge is 0.493 e. The van der Waals surface area contributed by atoms with Gasteiger partial charge in [-0.05, 0) is 61.8 Å². The molecule has 0 unspecified atom stereocenters. The molecular formula is C24H32N4O3. The molecule has 31 heavy (non-hydrogen) atoms. The summed E-state index contributed by atoms with van der Waals surface area (Å²) < 4.78 is 7.47. The van der Waals surface area contributed by atoms with Crippen LogP contribution in [0.15, 0.2) is 30.5 Å². The molecule has 1 aromatic carbocycles. The first-order chi connectivity index (χ1) is 15.1. The van der Waals surface area contributed by atoms with Gasteiger partial charge in [0.05, 0.1) is 12.3 Å². The first-order valence-electron chi connectivity index (χ1n) is 11.4. The van der Waals surface area contributed by atoms with Crippen molar-refractivity contribution in [2.45, 2.75) is 58.5 Å². The number of nitrogens with zero attached hydrogens (tertiary/aromatic N) is 3. The summed E-state index contributed by atoms with van der Waals surface area (Å²) in [5.41, 5.74) is 3.32. The lowest BCUT2D eigenvalue weighted by molar-refractivity contribution is -0.133. The van der Waals surface area contributed by atoms with Gasteiger partial charge in [-0.15, -0.1) is 0 Å². The highest BCUT2D eigenvalue weighted by Gasteiger charge is 2.24. The van der Waals surface area contributed by atoms with Crippen molar-refractivity contribution in [1.29, 1.82) is 0 Å². The van der Waals surface area contributed by atoms with Crippen LogP contribution in [0, 0.1) is 12.8 Å². The lowest BCUT2D eigenvalue weighted by atomic mass is 9.93. The van der Waals surface area contributed by atoms with E-state index in [1.165, 1.54) is 5.56 Å². The van der Waals surface area contributed by atoms with Crippen LogP contribution < -0.4 is 10.1 Å². The smallest absolute Gasteiger partial charge is 0.224 e. The molecule has 7 heteroatoms. The zero-order valence-corrected chi connectivity index (χ0v) is 18.3. The fourth-order valence-electron chi connectivity index (χ4n) is 4.40. The minimum absolute atomic E-state index is 0.0906. The van der Waals surface area contributed by atoms with Crippen LogP contribution in [0.3, 0.4) is 0 Å². The third kappa shape index (κ3) is 5.87. The molecule has 1 aromatic heterocycles. The van der Waals surface area contributed by atoms with E-state index in [2.05, 4.69) is 16.5 Å². The summed E-state index contributed by atoms with van der Waals surface area (Å²) in [5.74, 6) is 1.58. The van der Waals surface area contributed by atoms with Crippen LogP contribution in [0.2, 0.25) is 0 Å². The average molecular weight is 425 g/mol. The fraction of sp³-hybridized carbons (Fsp3) is 0.542. The number of carbonyl (C=O) groups is 2. The Balaban J connectivity index is 1.15. The monoisotopic (exact) mass is 424 g/mol. The van der Waals surface area contributed by atoms with E-state index < -0.39 is 0 Å².